The maximum absolute atomic E-state index is 13.5. The van der Waals surface area contributed by atoms with E-state index in [1.807, 2.05) is 6.07 Å². The van der Waals surface area contributed by atoms with Gasteiger partial charge in [0.1, 0.15) is 5.69 Å². The number of fused-ring (bicyclic) bond motifs is 1. The van der Waals surface area contributed by atoms with Gasteiger partial charge in [-0.05, 0) is 62.1 Å². The van der Waals surface area contributed by atoms with Crippen molar-refractivity contribution in [3.63, 3.8) is 0 Å². The second-order valence-corrected chi connectivity index (χ2v) is 9.21. The van der Waals surface area contributed by atoms with E-state index in [1.54, 1.807) is 35.4 Å². The lowest BCUT2D eigenvalue weighted by Gasteiger charge is -2.31. The second kappa shape index (κ2) is 9.77. The number of benzene rings is 1. The van der Waals surface area contributed by atoms with Gasteiger partial charge in [0.05, 0.1) is 29.2 Å². The average Bonchev–Trinajstić information content (AvgIpc) is 3.35. The fraction of sp³-hybridized carbons (Fsp3) is 0.280. The van der Waals surface area contributed by atoms with Crippen molar-refractivity contribution in [2.45, 2.75) is 43.9 Å². The molecule has 2 atom stereocenters. The maximum atomic E-state index is 13.5. The molecule has 1 saturated carbocycles. The first kappa shape index (κ1) is 24.1. The number of nitrogens with zero attached hydrogens (tertiary/aromatic N) is 4. The molecule has 0 radical (unpaired) electrons. The predicted molar refractivity (Wildman–Crippen MR) is 130 cm³/mol. The van der Waals surface area contributed by atoms with Crippen LogP contribution in [0.15, 0.2) is 61.2 Å². The molecule has 1 aliphatic rings. The van der Waals surface area contributed by atoms with Gasteiger partial charge in [0.2, 0.25) is 0 Å². The molecule has 3 aromatic heterocycles. The van der Waals surface area contributed by atoms with Crippen LogP contribution in [-0.2, 0) is 6.18 Å². The monoisotopic (exact) mass is 514 g/mol. The first-order valence-corrected chi connectivity index (χ1v) is 11.8. The number of carbonyl (C=O) groups excluding carboxylic acids is 1. The molecule has 36 heavy (non-hydrogen) atoms. The fourth-order valence-electron chi connectivity index (χ4n) is 4.47. The fourth-order valence-corrected chi connectivity index (χ4v) is 4.65. The first-order valence-electron chi connectivity index (χ1n) is 11.5. The number of rotatable bonds is 5. The van der Waals surface area contributed by atoms with Crippen molar-refractivity contribution in [1.29, 1.82) is 0 Å². The van der Waals surface area contributed by atoms with Gasteiger partial charge in [-0.25, -0.2) is 9.67 Å². The minimum absolute atomic E-state index is 0.132. The van der Waals surface area contributed by atoms with E-state index in [0.717, 1.165) is 31.0 Å². The Balaban J connectivity index is 1.30. The lowest BCUT2D eigenvalue weighted by atomic mass is 9.90. The number of pyridine rings is 2. The van der Waals surface area contributed by atoms with Crippen LogP contribution in [0.1, 0.15) is 41.7 Å². The molecule has 1 aliphatic carbocycles. The highest BCUT2D eigenvalue weighted by Gasteiger charge is 2.34. The molecule has 1 aromatic carbocycles. The van der Waals surface area contributed by atoms with E-state index >= 15 is 0 Å². The summed E-state index contributed by atoms with van der Waals surface area (Å²) in [5.74, 6) is -0.253. The molecule has 7 nitrogen and oxygen atoms in total. The van der Waals surface area contributed by atoms with Gasteiger partial charge in [0.15, 0.2) is 0 Å². The van der Waals surface area contributed by atoms with Crippen LogP contribution in [0.4, 0.5) is 18.9 Å². The summed E-state index contributed by atoms with van der Waals surface area (Å²) in [6.45, 7) is 0. The van der Waals surface area contributed by atoms with E-state index in [-0.39, 0.29) is 23.5 Å². The Morgan fingerprint density at radius 2 is 1.94 bits per heavy atom. The molecule has 186 valence electrons. The van der Waals surface area contributed by atoms with Gasteiger partial charge >= 0.3 is 6.18 Å². The van der Waals surface area contributed by atoms with E-state index in [4.69, 9.17) is 11.6 Å². The van der Waals surface area contributed by atoms with Gasteiger partial charge < -0.3 is 10.6 Å². The SMILES string of the molecule is O=C(N[C@@H]1CCC[C@H](Nc2cc(C(F)(F)F)nc3ccc(Cl)cc23)C1)c1cnn(-c2cccnc2)c1. The van der Waals surface area contributed by atoms with Crippen LogP contribution in [0.5, 0.6) is 0 Å². The Bertz CT molecular complexity index is 1390. The number of alkyl halides is 3. The summed E-state index contributed by atoms with van der Waals surface area (Å²) in [4.78, 5) is 20.7. The molecule has 5 rings (SSSR count). The average molecular weight is 515 g/mol. The summed E-state index contributed by atoms with van der Waals surface area (Å²) >= 11 is 6.11. The standard InChI is InChI=1S/C25H22ClF3N6O/c26-16-6-7-21-20(9-16)22(11-23(34-21)25(27,28)29)32-17-3-1-4-18(10-17)33-24(36)15-12-31-35(14-15)19-5-2-8-30-13-19/h2,5-9,11-14,17-18H,1,3-4,10H2,(H,32,34)(H,33,36)/t17-,18+/m0/s1. The zero-order valence-corrected chi connectivity index (χ0v) is 19.7. The van der Waals surface area contributed by atoms with Crippen molar-refractivity contribution in [2.24, 2.45) is 0 Å². The zero-order chi connectivity index (χ0) is 25.3. The highest BCUT2D eigenvalue weighted by atomic mass is 35.5. The molecular formula is C25H22ClF3N6O. The van der Waals surface area contributed by atoms with Crippen molar-refractivity contribution in [3.8, 4) is 5.69 Å². The summed E-state index contributed by atoms with van der Waals surface area (Å²) in [5, 5.41) is 11.5. The third-order valence-corrected chi connectivity index (χ3v) is 6.42. The molecular weight excluding hydrogens is 493 g/mol. The quantitative estimate of drug-likeness (QED) is 0.360. The van der Waals surface area contributed by atoms with Gasteiger partial charge in [-0.3, -0.25) is 9.78 Å². The maximum Gasteiger partial charge on any atom is 0.433 e. The Morgan fingerprint density at radius 1 is 1.11 bits per heavy atom. The molecule has 11 heteroatoms. The first-order chi connectivity index (χ1) is 17.3. The summed E-state index contributed by atoms with van der Waals surface area (Å²) in [6.07, 6.45) is 4.76. The summed E-state index contributed by atoms with van der Waals surface area (Å²) in [5.41, 5.74) is 0.721. The van der Waals surface area contributed by atoms with E-state index in [9.17, 15) is 18.0 Å². The molecule has 1 amide bonds. The van der Waals surface area contributed by atoms with Crippen LogP contribution in [0.25, 0.3) is 16.6 Å². The van der Waals surface area contributed by atoms with Gasteiger partial charge in [0.25, 0.3) is 5.91 Å². The van der Waals surface area contributed by atoms with Crippen LogP contribution in [-0.4, -0.2) is 37.7 Å². The molecule has 0 spiro atoms. The lowest BCUT2D eigenvalue weighted by Crippen LogP contribution is -2.41. The number of nitrogens with one attached hydrogen (secondary N) is 2. The van der Waals surface area contributed by atoms with E-state index in [1.165, 1.54) is 18.3 Å². The molecule has 4 aromatic rings. The Labute approximate surface area is 209 Å². The highest BCUT2D eigenvalue weighted by Crippen LogP contribution is 2.35. The van der Waals surface area contributed by atoms with E-state index in [2.05, 4.69) is 25.7 Å². The summed E-state index contributed by atoms with van der Waals surface area (Å²) in [7, 11) is 0. The van der Waals surface area contributed by atoms with Crippen molar-refractivity contribution in [2.75, 3.05) is 5.32 Å². The topological polar surface area (TPSA) is 84.7 Å². The normalized spacial score (nSPS) is 18.2. The molecule has 0 bridgehead atoms. The molecule has 0 aliphatic heterocycles. The van der Waals surface area contributed by atoms with Gasteiger partial charge in [-0.1, -0.05) is 11.6 Å². The molecule has 0 unspecified atom stereocenters. The number of amides is 1. The Kier molecular flexibility index (Phi) is 6.53. The molecule has 0 saturated heterocycles. The van der Waals surface area contributed by atoms with Crippen molar-refractivity contribution >= 4 is 34.1 Å². The summed E-state index contributed by atoms with van der Waals surface area (Å²) in [6, 6.07) is 8.97. The molecule has 3 heterocycles. The third-order valence-electron chi connectivity index (χ3n) is 6.19. The smallest absolute Gasteiger partial charge is 0.382 e. The van der Waals surface area contributed by atoms with E-state index in [0.29, 0.717) is 28.1 Å². The van der Waals surface area contributed by atoms with Crippen molar-refractivity contribution in [3.05, 3.63) is 77.5 Å². The second-order valence-electron chi connectivity index (χ2n) is 8.78. The van der Waals surface area contributed by atoms with Crippen LogP contribution in [0, 0.1) is 0 Å². The lowest BCUT2D eigenvalue weighted by molar-refractivity contribution is -0.140. The molecule has 1 fully saturated rings. The van der Waals surface area contributed by atoms with Crippen LogP contribution in [0.2, 0.25) is 5.02 Å². The number of anilines is 1. The minimum atomic E-state index is -4.58. The predicted octanol–water partition coefficient (Wildman–Crippen LogP) is 5.64. The van der Waals surface area contributed by atoms with Gasteiger partial charge in [0, 0.05) is 40.6 Å². The zero-order valence-electron chi connectivity index (χ0n) is 19.0. The number of aromatic nitrogens is 4. The number of hydrogen-bond acceptors (Lipinski definition) is 5. The largest absolute Gasteiger partial charge is 0.433 e. The van der Waals surface area contributed by atoms with E-state index < -0.39 is 11.9 Å². The number of carbonyl (C=O) groups is 1. The van der Waals surface area contributed by atoms with Crippen LogP contribution >= 0.6 is 11.6 Å². The third kappa shape index (κ3) is 5.28. The van der Waals surface area contributed by atoms with Gasteiger partial charge in [-0.15, -0.1) is 0 Å². The number of hydrogen-bond donors (Lipinski definition) is 2. The Hall–Kier alpha value is -3.66. The summed E-state index contributed by atoms with van der Waals surface area (Å²) < 4.78 is 41.9. The number of halogens is 4. The van der Waals surface area contributed by atoms with Gasteiger partial charge in [-0.2, -0.15) is 18.3 Å². The highest BCUT2D eigenvalue weighted by molar-refractivity contribution is 6.31. The minimum Gasteiger partial charge on any atom is -0.382 e. The van der Waals surface area contributed by atoms with Crippen molar-refractivity contribution in [1.82, 2.24) is 25.1 Å². The van der Waals surface area contributed by atoms with Crippen LogP contribution < -0.4 is 10.6 Å². The molecule has 2 N–H and O–H groups in total. The van der Waals surface area contributed by atoms with Crippen molar-refractivity contribution < 1.29 is 18.0 Å². The van der Waals surface area contributed by atoms with Crippen LogP contribution in [0.3, 0.4) is 0 Å². The Morgan fingerprint density at radius 3 is 2.72 bits per heavy atom.